The van der Waals surface area contributed by atoms with Crippen LogP contribution in [0.4, 0.5) is 0 Å². The summed E-state index contributed by atoms with van der Waals surface area (Å²) in [7, 11) is 3.91. The molecule has 13 heteroatoms. The largest absolute Gasteiger partial charge is 0.507 e. The monoisotopic (exact) mass is 1140 g/mol. The third-order valence-electron chi connectivity index (χ3n) is 9.66. The number of halogens is 4. The number of imidazole rings is 2. The maximum atomic E-state index is 10.5. The Labute approximate surface area is 404 Å². The Kier molecular flexibility index (Phi) is 15.3. The third-order valence-corrected chi connectivity index (χ3v) is 11.6. The summed E-state index contributed by atoms with van der Waals surface area (Å²) in [6.45, 7) is 0. The Balaban J connectivity index is 0.000000158. The molecule has 0 aliphatic heterocycles. The van der Waals surface area contributed by atoms with Crippen LogP contribution >= 0.6 is 63.7 Å². The molecule has 0 bridgehead atoms. The maximum absolute atomic E-state index is 10.5. The van der Waals surface area contributed by atoms with Crippen LogP contribution < -0.4 is 4.57 Å². The van der Waals surface area contributed by atoms with Crippen molar-refractivity contribution in [1.82, 2.24) is 14.5 Å². The molecule has 10 aromatic rings. The molecule has 2 aromatic heterocycles. The van der Waals surface area contributed by atoms with Gasteiger partial charge in [0.2, 0.25) is 6.33 Å². The first-order valence-corrected chi connectivity index (χ1v) is 21.6. The van der Waals surface area contributed by atoms with Crippen LogP contribution in [0.3, 0.4) is 0 Å². The number of aryl methyl sites for hydroxylation is 2. The third kappa shape index (κ3) is 10.6. The quantitative estimate of drug-likeness (QED) is 0.111. The fourth-order valence-corrected chi connectivity index (χ4v) is 8.41. The number of aromatic amines is 1. The second kappa shape index (κ2) is 20.4. The van der Waals surface area contributed by atoms with Gasteiger partial charge in [-0.2, -0.15) is 0 Å². The van der Waals surface area contributed by atoms with Crippen LogP contribution in [0.1, 0.15) is 0 Å². The molecule has 8 aromatic carbocycles. The Hall–Kier alpha value is -4.78. The summed E-state index contributed by atoms with van der Waals surface area (Å²) >= 11 is 13.9. The van der Waals surface area contributed by atoms with Crippen molar-refractivity contribution in [2.75, 3.05) is 0 Å². The molecule has 0 saturated heterocycles. The standard InChI is InChI=1S/2C20H12Br2O2.2C4H6N2.Zr/c2*21-13-3-5-15-11(9-13)1-7-17(23)19(15)20-16-6-4-14(22)10-12(16)2-8-18(20)24;2*1-6-3-2-5-4-6;/h2*1-10,23-24H;2*2-4H,1H3;/p+1. The van der Waals surface area contributed by atoms with Crippen molar-refractivity contribution in [1.29, 1.82) is 0 Å². The number of nitrogens with zero attached hydrogens (tertiary/aromatic N) is 3. The zero-order valence-electron chi connectivity index (χ0n) is 32.7. The van der Waals surface area contributed by atoms with Gasteiger partial charge >= 0.3 is 0 Å². The summed E-state index contributed by atoms with van der Waals surface area (Å²) in [5.41, 5.74) is 2.58. The number of nitrogens with one attached hydrogen (secondary N) is 1. The number of benzene rings is 8. The predicted molar refractivity (Wildman–Crippen MR) is 256 cm³/mol. The molecule has 0 aliphatic carbocycles. The average molecular weight is 1140 g/mol. The van der Waals surface area contributed by atoms with Crippen LogP contribution in [-0.2, 0) is 40.3 Å². The van der Waals surface area contributed by atoms with Crippen molar-refractivity contribution in [2.24, 2.45) is 14.1 Å². The van der Waals surface area contributed by atoms with E-state index in [1.807, 2.05) is 145 Å². The Morgan fingerprint density at radius 1 is 0.508 bits per heavy atom. The van der Waals surface area contributed by atoms with Crippen LogP contribution in [0.5, 0.6) is 23.0 Å². The molecule has 0 saturated carbocycles. The molecule has 10 rings (SSSR count). The average Bonchev–Trinajstić information content (AvgIpc) is 3.93. The van der Waals surface area contributed by atoms with E-state index in [1.165, 1.54) is 0 Å². The molecular weight excluding hydrogens is 1110 g/mol. The molecule has 0 fully saturated rings. The van der Waals surface area contributed by atoms with E-state index in [0.717, 1.165) is 61.0 Å². The molecular formula is C48H37Br4N4O4Zr+. The zero-order valence-corrected chi connectivity index (χ0v) is 41.5. The van der Waals surface area contributed by atoms with Gasteiger partial charge in [-0.15, -0.1) is 0 Å². The van der Waals surface area contributed by atoms with E-state index >= 15 is 0 Å². The number of rotatable bonds is 2. The number of phenols is 4. The van der Waals surface area contributed by atoms with Crippen LogP contribution in [0, 0.1) is 0 Å². The van der Waals surface area contributed by atoms with Gasteiger partial charge < -0.3 is 25.0 Å². The Morgan fingerprint density at radius 3 is 1.03 bits per heavy atom. The minimum Gasteiger partial charge on any atom is -0.507 e. The van der Waals surface area contributed by atoms with Gasteiger partial charge in [-0.1, -0.05) is 112 Å². The van der Waals surface area contributed by atoms with Gasteiger partial charge in [0.25, 0.3) is 0 Å². The van der Waals surface area contributed by atoms with Crippen molar-refractivity contribution >= 4 is 107 Å². The van der Waals surface area contributed by atoms with Gasteiger partial charge in [-0.3, -0.25) is 4.98 Å². The minimum absolute atomic E-state index is 0. The first-order chi connectivity index (χ1) is 28.9. The smallest absolute Gasteiger partial charge is 0.241 e. The van der Waals surface area contributed by atoms with Gasteiger partial charge in [0.15, 0.2) is 0 Å². The van der Waals surface area contributed by atoms with Crippen molar-refractivity contribution in [3.8, 4) is 45.3 Å². The normalized spacial score (nSPS) is 10.6. The molecule has 0 atom stereocenters. The first-order valence-electron chi connectivity index (χ1n) is 18.4. The summed E-state index contributed by atoms with van der Waals surface area (Å²) in [5.74, 6) is 0.595. The molecule has 0 spiro atoms. The van der Waals surface area contributed by atoms with E-state index in [0.29, 0.717) is 22.3 Å². The fourth-order valence-electron chi connectivity index (χ4n) is 6.90. The van der Waals surface area contributed by atoms with Gasteiger partial charge in [0.05, 0.1) is 13.4 Å². The molecule has 2 heterocycles. The number of H-pyrrole nitrogens is 1. The topological polar surface area (TPSA) is 118 Å². The van der Waals surface area contributed by atoms with Gasteiger partial charge in [0.1, 0.15) is 35.4 Å². The molecule has 304 valence electrons. The fraction of sp³-hybridized carbons (Fsp3) is 0.0417. The molecule has 0 radical (unpaired) electrons. The molecule has 61 heavy (non-hydrogen) atoms. The predicted octanol–water partition coefficient (Wildman–Crippen LogP) is 13.4. The number of hydrogen-bond acceptors (Lipinski definition) is 5. The Bertz CT molecular complexity index is 2740. The van der Waals surface area contributed by atoms with Gasteiger partial charge in [-0.05, 0) is 116 Å². The number of fused-ring (bicyclic) bond motifs is 4. The summed E-state index contributed by atoms with van der Waals surface area (Å²) < 4.78 is 7.71. The van der Waals surface area contributed by atoms with E-state index in [1.54, 1.807) is 36.8 Å². The van der Waals surface area contributed by atoms with E-state index in [9.17, 15) is 20.4 Å². The number of aromatic nitrogens is 4. The Morgan fingerprint density at radius 2 is 0.836 bits per heavy atom. The van der Waals surface area contributed by atoms with E-state index in [4.69, 9.17) is 0 Å². The SMILES string of the molecule is C[n+]1cc[nH]c1.Cn1ccnc1.Oc1ccc2cc(Br)ccc2c1-c1c(O)ccc2cc(Br)ccc12.Oc1ccc2cc(Br)ccc2c1-c1c(O)ccc2cc(Br)ccc12.[Zr]. The van der Waals surface area contributed by atoms with Gasteiger partial charge in [-0.25, -0.2) is 9.55 Å². The van der Waals surface area contributed by atoms with Crippen LogP contribution in [0.15, 0.2) is 177 Å². The number of aromatic hydroxyl groups is 4. The summed E-state index contributed by atoms with van der Waals surface area (Å²) in [6.07, 6.45) is 11.1. The van der Waals surface area contributed by atoms with Crippen molar-refractivity contribution in [3.63, 3.8) is 0 Å². The van der Waals surface area contributed by atoms with E-state index in [-0.39, 0.29) is 49.2 Å². The molecule has 8 nitrogen and oxygen atoms in total. The maximum Gasteiger partial charge on any atom is 0.241 e. The number of hydrogen-bond donors (Lipinski definition) is 5. The second-order valence-corrected chi connectivity index (χ2v) is 17.5. The van der Waals surface area contributed by atoms with Crippen molar-refractivity contribution in [2.45, 2.75) is 0 Å². The minimum atomic E-state index is 0. The summed E-state index contributed by atoms with van der Waals surface area (Å²) in [5, 5.41) is 49.7. The second-order valence-electron chi connectivity index (χ2n) is 13.8. The molecule has 0 amide bonds. The van der Waals surface area contributed by atoms with Crippen LogP contribution in [-0.4, -0.2) is 35.0 Å². The van der Waals surface area contributed by atoms with Crippen molar-refractivity contribution < 1.29 is 51.2 Å². The molecule has 5 N–H and O–H groups in total. The van der Waals surface area contributed by atoms with Gasteiger partial charge in [0, 0.05) is 85.8 Å². The zero-order chi connectivity index (χ0) is 42.5. The first kappa shape index (κ1) is 45.7. The van der Waals surface area contributed by atoms with Crippen LogP contribution in [0.2, 0.25) is 0 Å². The summed E-state index contributed by atoms with van der Waals surface area (Å²) in [6, 6.07) is 37.7. The van der Waals surface area contributed by atoms with E-state index < -0.39 is 0 Å². The van der Waals surface area contributed by atoms with E-state index in [2.05, 4.69) is 73.7 Å². The van der Waals surface area contributed by atoms with Crippen LogP contribution in [0.25, 0.3) is 65.3 Å². The number of phenolic OH excluding ortho intramolecular Hbond substituents is 4. The summed E-state index contributed by atoms with van der Waals surface area (Å²) in [4.78, 5) is 6.68. The molecule has 0 unspecified atom stereocenters. The van der Waals surface area contributed by atoms with Crippen molar-refractivity contribution in [3.05, 3.63) is 177 Å². The molecule has 0 aliphatic rings.